The topological polar surface area (TPSA) is 138 Å². The maximum atomic E-state index is 9.75. The molecule has 0 saturated heterocycles. The number of nitro groups is 1. The normalized spacial score (nSPS) is 6.81. The number of hydrogen-bond donors (Lipinski definition) is 0. The Labute approximate surface area is 155 Å². The Morgan fingerprint density at radius 2 is 0.692 bits per heavy atom. The van der Waals surface area contributed by atoms with Crippen LogP contribution in [0.4, 0.5) is 34.5 Å². The van der Waals surface area contributed by atoms with Gasteiger partial charge in [-0.1, -0.05) is 0 Å². The third kappa shape index (κ3) is 1520. The molecule has 7 nitrogen and oxygen atoms in total. The van der Waals surface area contributed by atoms with E-state index in [1.165, 1.54) is 46.2 Å². The van der Waals surface area contributed by atoms with Crippen molar-refractivity contribution in [2.45, 2.75) is 27.7 Å². The van der Waals surface area contributed by atoms with Crippen molar-refractivity contribution in [1.82, 2.24) is 0 Å². The van der Waals surface area contributed by atoms with Crippen LogP contribution in [0.3, 0.4) is 0 Å². The molecule has 26 heavy (non-hydrogen) atoms. The fourth-order valence-electron chi connectivity index (χ4n) is 0. The van der Waals surface area contributed by atoms with Crippen molar-refractivity contribution in [3.63, 3.8) is 0 Å². The summed E-state index contributed by atoms with van der Waals surface area (Å²) < 4.78 is 77.4. The summed E-state index contributed by atoms with van der Waals surface area (Å²) in [6.07, 6.45) is 0. The van der Waals surface area contributed by atoms with Crippen LogP contribution in [0.5, 0.6) is 0 Å². The molecule has 0 radical (unpaired) electrons. The van der Waals surface area contributed by atoms with Crippen LogP contribution in [0, 0.1) is 55.4 Å². The van der Waals surface area contributed by atoms with Crippen LogP contribution in [0.2, 0.25) is 0 Å². The van der Waals surface area contributed by atoms with Crippen molar-refractivity contribution < 1.29 is 56.7 Å². The molecular formula is C8H12B2F8N5O2Rh. The van der Waals surface area contributed by atoms with Crippen molar-refractivity contribution in [1.29, 1.82) is 21.0 Å². The molecule has 0 unspecified atom stereocenters. The van der Waals surface area contributed by atoms with Crippen LogP contribution in [0.1, 0.15) is 27.7 Å². The predicted octanol–water partition coefficient (Wildman–Crippen LogP) is 4.44. The van der Waals surface area contributed by atoms with Crippen molar-refractivity contribution in [2.75, 3.05) is 0 Å². The Morgan fingerprint density at radius 1 is 0.692 bits per heavy atom. The molecule has 0 aromatic carbocycles. The molecule has 0 aromatic rings. The fraction of sp³-hybridized carbons (Fsp3) is 0.500. The van der Waals surface area contributed by atoms with Gasteiger partial charge in [-0.15, -0.1) is 0 Å². The SMILES string of the molecule is CC#N.CC#N.CC#N.CC#N.F[B-](F)(F)F.F[B-](F)(F)F.O=[N+]([O-])[Rh+2]. The van der Waals surface area contributed by atoms with Crippen molar-refractivity contribution in [3.8, 4) is 24.3 Å². The zero-order chi connectivity index (χ0) is 23.4. The van der Waals surface area contributed by atoms with Crippen LogP contribution < -0.4 is 0 Å². The quantitative estimate of drug-likeness (QED) is 0.215. The Kier molecular flexibility index (Phi) is 64.3. The van der Waals surface area contributed by atoms with Crippen LogP contribution in [-0.4, -0.2) is 18.2 Å². The molecule has 0 aromatic heterocycles. The maximum absolute atomic E-state index is 9.75. The fourth-order valence-corrected chi connectivity index (χ4v) is 0. The van der Waals surface area contributed by atoms with Gasteiger partial charge in [-0.05, 0) is 0 Å². The van der Waals surface area contributed by atoms with E-state index in [9.17, 15) is 34.5 Å². The van der Waals surface area contributed by atoms with E-state index in [-0.39, 0.29) is 0 Å². The molecule has 0 bridgehead atoms. The Bertz CT molecular complexity index is 374. The van der Waals surface area contributed by atoms with Gasteiger partial charge in [-0.25, -0.2) is 0 Å². The van der Waals surface area contributed by atoms with Gasteiger partial charge in [0.15, 0.2) is 0 Å². The Morgan fingerprint density at radius 3 is 0.692 bits per heavy atom. The second-order valence-corrected chi connectivity index (χ2v) is 2.68. The second kappa shape index (κ2) is 38.2. The number of rotatable bonds is 0. The first kappa shape index (κ1) is 43.7. The van der Waals surface area contributed by atoms with Crippen molar-refractivity contribution >= 4 is 14.5 Å². The molecule has 0 spiro atoms. The molecule has 0 rings (SSSR count). The van der Waals surface area contributed by atoms with Crippen molar-refractivity contribution in [2.24, 2.45) is 0 Å². The van der Waals surface area contributed by atoms with E-state index in [0.29, 0.717) is 0 Å². The number of halogens is 8. The van der Waals surface area contributed by atoms with Crippen LogP contribution in [0.25, 0.3) is 0 Å². The number of nitrogens with zero attached hydrogens (tertiary/aromatic N) is 5. The van der Waals surface area contributed by atoms with Gasteiger partial charge in [0, 0.05) is 27.7 Å². The molecule has 152 valence electrons. The Balaban J connectivity index is -0.0000000329. The minimum atomic E-state index is -6.00. The van der Waals surface area contributed by atoms with Crippen molar-refractivity contribution in [3.05, 3.63) is 10.1 Å². The zero-order valence-electron chi connectivity index (χ0n) is 13.6. The van der Waals surface area contributed by atoms with E-state index in [1.807, 2.05) is 0 Å². The Hall–Kier alpha value is -2.45. The third-order valence-corrected chi connectivity index (χ3v) is 0. The molecule has 0 heterocycles. The first-order valence-electron chi connectivity index (χ1n) is 5.15. The van der Waals surface area contributed by atoms with E-state index in [1.54, 1.807) is 24.3 Å². The summed E-state index contributed by atoms with van der Waals surface area (Å²) in [7, 11) is -12.0. The molecule has 0 aliphatic heterocycles. The molecule has 0 amide bonds. The van der Waals surface area contributed by atoms with Crippen LogP contribution in [0.15, 0.2) is 0 Å². The average Bonchev–Trinajstić information content (AvgIpc) is 2.26. The molecule has 0 aliphatic rings. The summed E-state index contributed by atoms with van der Waals surface area (Å²) in [5.41, 5.74) is 0. The molecule has 0 aliphatic carbocycles. The molecule has 18 heteroatoms. The molecular weight excluding hydrogens is 475 g/mol. The van der Waals surface area contributed by atoms with Crippen LogP contribution >= 0.6 is 0 Å². The minimum absolute atomic E-state index is 0.610. The van der Waals surface area contributed by atoms with E-state index >= 15 is 0 Å². The van der Waals surface area contributed by atoms with Gasteiger partial charge in [-0.3, -0.25) is 0 Å². The first-order chi connectivity index (χ1) is 11.4. The van der Waals surface area contributed by atoms with Gasteiger partial charge >= 0.3 is 46.8 Å². The molecule has 0 fully saturated rings. The van der Waals surface area contributed by atoms with Gasteiger partial charge < -0.3 is 34.5 Å². The number of nitriles is 4. The summed E-state index contributed by atoms with van der Waals surface area (Å²) in [6.45, 7) is 5.72. The average molecular weight is 487 g/mol. The van der Waals surface area contributed by atoms with E-state index in [0.717, 1.165) is 0 Å². The van der Waals surface area contributed by atoms with Gasteiger partial charge in [0.1, 0.15) is 0 Å². The summed E-state index contributed by atoms with van der Waals surface area (Å²) in [5, 5.41) is 38.0. The predicted molar refractivity (Wildman–Crippen MR) is 72.5 cm³/mol. The van der Waals surface area contributed by atoms with E-state index in [4.69, 9.17) is 31.2 Å². The summed E-state index contributed by atoms with van der Waals surface area (Å²) in [4.78, 5) is 8.76. The monoisotopic (exact) mass is 487 g/mol. The summed E-state index contributed by atoms with van der Waals surface area (Å²) >= 11 is 1.54. The van der Waals surface area contributed by atoms with E-state index < -0.39 is 18.2 Å². The summed E-state index contributed by atoms with van der Waals surface area (Å²) in [5.74, 6) is 0. The third-order valence-electron chi connectivity index (χ3n) is 0. The molecule has 0 N–H and O–H groups in total. The van der Waals surface area contributed by atoms with Gasteiger partial charge in [-0.2, -0.15) is 21.0 Å². The van der Waals surface area contributed by atoms with Gasteiger partial charge in [0.05, 0.1) is 24.3 Å². The molecule has 0 atom stereocenters. The molecule has 0 saturated carbocycles. The van der Waals surface area contributed by atoms with E-state index in [2.05, 4.69) is 0 Å². The van der Waals surface area contributed by atoms with Gasteiger partial charge in [0.25, 0.3) is 0 Å². The summed E-state index contributed by atoms with van der Waals surface area (Å²) in [6, 6.07) is 7.00. The standard InChI is InChI=1S/4C2H3N.2BF4.NO2.Rh/c4*1-2-3;2*2-1(3,4)5;2-1-3;/h4*1H3;;;;/q;;;;2*-1;;+2. The van der Waals surface area contributed by atoms with Gasteiger partial charge in [0.2, 0.25) is 0 Å². The zero-order valence-corrected chi connectivity index (χ0v) is 15.2. The second-order valence-electron chi connectivity index (χ2n) is 2.08. The van der Waals surface area contributed by atoms with Crippen LogP contribution in [-0.2, 0) is 18.5 Å². The number of hydrogen-bond acceptors (Lipinski definition) is 6. The first-order valence-corrected chi connectivity index (χ1v) is 5.89.